The van der Waals surface area contributed by atoms with E-state index in [-0.39, 0.29) is 29.1 Å². The molecule has 0 heterocycles. The number of amides is 1. The number of hydrogen-bond donors (Lipinski definition) is 3. The summed E-state index contributed by atoms with van der Waals surface area (Å²) in [6.45, 7) is 2.42. The number of nitrogens with one attached hydrogen (secondary N) is 1. The van der Waals surface area contributed by atoms with E-state index in [1.165, 1.54) is 12.1 Å². The highest BCUT2D eigenvalue weighted by molar-refractivity contribution is 5.98. The Labute approximate surface area is 143 Å². The van der Waals surface area contributed by atoms with Gasteiger partial charge in [-0.15, -0.1) is 0 Å². The molecule has 0 fully saturated rings. The molecular formula is C18H17NO6. The molecule has 0 aliphatic rings. The second kappa shape index (κ2) is 7.96. The number of benzene rings is 2. The average Bonchev–Trinajstić information content (AvgIpc) is 2.56. The molecule has 0 unspecified atom stereocenters. The lowest BCUT2D eigenvalue weighted by Gasteiger charge is -2.09. The Morgan fingerprint density at radius 3 is 2.00 bits per heavy atom. The summed E-state index contributed by atoms with van der Waals surface area (Å²) in [6, 6.07) is 10.5. The number of carboxylic acids is 2. The molecule has 130 valence electrons. The molecule has 0 spiro atoms. The first-order valence-electron chi connectivity index (χ1n) is 7.52. The molecule has 7 nitrogen and oxygen atoms in total. The monoisotopic (exact) mass is 343 g/mol. The summed E-state index contributed by atoms with van der Waals surface area (Å²) in [7, 11) is 0. The standard InChI is InChI=1S/C18H17NO6/c1-2-25-15-5-3-11(4-6-15)7-16(20)19-14-9-12(17(21)22)8-13(10-14)18(23)24/h3-6,8-10H,2,7H2,1H3,(H,19,20)(H,21,22)(H,23,24). The van der Waals surface area contributed by atoms with Crippen molar-refractivity contribution in [2.45, 2.75) is 13.3 Å². The van der Waals surface area contributed by atoms with Crippen molar-refractivity contribution in [1.29, 1.82) is 0 Å². The minimum atomic E-state index is -1.27. The van der Waals surface area contributed by atoms with E-state index >= 15 is 0 Å². The molecule has 0 aromatic heterocycles. The molecule has 0 saturated carbocycles. The zero-order valence-electron chi connectivity index (χ0n) is 13.5. The van der Waals surface area contributed by atoms with Crippen LogP contribution in [0.5, 0.6) is 5.75 Å². The zero-order valence-corrected chi connectivity index (χ0v) is 13.5. The lowest BCUT2D eigenvalue weighted by Crippen LogP contribution is -2.15. The number of rotatable bonds is 7. The third kappa shape index (κ3) is 5.07. The molecule has 2 aromatic rings. The van der Waals surface area contributed by atoms with Crippen molar-refractivity contribution in [3.05, 3.63) is 59.2 Å². The number of ether oxygens (including phenoxy) is 1. The van der Waals surface area contributed by atoms with Gasteiger partial charge in [-0.3, -0.25) is 4.79 Å². The minimum absolute atomic E-state index is 0.0616. The molecule has 2 aromatic carbocycles. The fourth-order valence-corrected chi connectivity index (χ4v) is 2.21. The summed E-state index contributed by atoms with van der Waals surface area (Å²) in [5, 5.41) is 20.6. The van der Waals surface area contributed by atoms with Crippen LogP contribution in [0.25, 0.3) is 0 Å². The Bertz CT molecular complexity index is 765. The highest BCUT2D eigenvalue weighted by Crippen LogP contribution is 2.17. The SMILES string of the molecule is CCOc1ccc(CC(=O)Nc2cc(C(=O)O)cc(C(=O)O)c2)cc1. The van der Waals surface area contributed by atoms with Crippen LogP contribution < -0.4 is 10.1 Å². The highest BCUT2D eigenvalue weighted by Gasteiger charge is 2.13. The Kier molecular flexibility index (Phi) is 5.73. The van der Waals surface area contributed by atoms with Gasteiger partial charge in [-0.2, -0.15) is 0 Å². The summed E-state index contributed by atoms with van der Waals surface area (Å²) in [5.74, 6) is -2.23. The van der Waals surface area contributed by atoms with Crippen LogP contribution in [0, 0.1) is 0 Å². The molecule has 3 N–H and O–H groups in total. The van der Waals surface area contributed by atoms with Crippen LogP contribution in [0.4, 0.5) is 5.69 Å². The maximum atomic E-state index is 12.1. The number of carbonyl (C=O) groups excluding carboxylic acids is 1. The van der Waals surface area contributed by atoms with Crippen LogP contribution in [0.2, 0.25) is 0 Å². The molecule has 1 amide bonds. The topological polar surface area (TPSA) is 113 Å². The van der Waals surface area contributed by atoms with Crippen LogP contribution >= 0.6 is 0 Å². The van der Waals surface area contributed by atoms with Crippen molar-refractivity contribution in [1.82, 2.24) is 0 Å². The van der Waals surface area contributed by atoms with Crippen LogP contribution in [0.3, 0.4) is 0 Å². The van der Waals surface area contributed by atoms with Crippen molar-refractivity contribution in [2.75, 3.05) is 11.9 Å². The minimum Gasteiger partial charge on any atom is -0.494 e. The maximum absolute atomic E-state index is 12.1. The Hall–Kier alpha value is -3.35. The summed E-state index contributed by atoms with van der Waals surface area (Å²) >= 11 is 0. The van der Waals surface area contributed by atoms with E-state index in [4.69, 9.17) is 14.9 Å². The van der Waals surface area contributed by atoms with Gasteiger partial charge in [-0.05, 0) is 42.8 Å². The van der Waals surface area contributed by atoms with Crippen LogP contribution in [0.15, 0.2) is 42.5 Å². The molecular weight excluding hydrogens is 326 g/mol. The fourth-order valence-electron chi connectivity index (χ4n) is 2.21. The molecule has 7 heteroatoms. The maximum Gasteiger partial charge on any atom is 0.335 e. The molecule has 25 heavy (non-hydrogen) atoms. The van der Waals surface area contributed by atoms with E-state index in [1.807, 2.05) is 6.92 Å². The molecule has 0 saturated heterocycles. The summed E-state index contributed by atoms with van der Waals surface area (Å²) < 4.78 is 5.32. The van der Waals surface area contributed by atoms with E-state index in [1.54, 1.807) is 24.3 Å². The van der Waals surface area contributed by atoms with Gasteiger partial charge < -0.3 is 20.3 Å². The van der Waals surface area contributed by atoms with Crippen LogP contribution in [-0.4, -0.2) is 34.7 Å². The molecule has 0 radical (unpaired) electrons. The first kappa shape index (κ1) is 18.0. The third-order valence-electron chi connectivity index (χ3n) is 3.31. The van der Waals surface area contributed by atoms with Gasteiger partial charge >= 0.3 is 11.9 Å². The Morgan fingerprint density at radius 1 is 0.960 bits per heavy atom. The number of carboxylic acid groups (broad SMARTS) is 2. The normalized spacial score (nSPS) is 10.1. The van der Waals surface area contributed by atoms with Gasteiger partial charge in [0.1, 0.15) is 5.75 Å². The van der Waals surface area contributed by atoms with E-state index in [2.05, 4.69) is 5.32 Å². The van der Waals surface area contributed by atoms with Gasteiger partial charge in [0.15, 0.2) is 0 Å². The average molecular weight is 343 g/mol. The number of carbonyl (C=O) groups is 3. The van der Waals surface area contributed by atoms with E-state index < -0.39 is 11.9 Å². The Balaban J connectivity index is 2.11. The Morgan fingerprint density at radius 2 is 1.52 bits per heavy atom. The van der Waals surface area contributed by atoms with Crippen molar-refractivity contribution >= 4 is 23.5 Å². The van der Waals surface area contributed by atoms with Crippen molar-refractivity contribution in [3.63, 3.8) is 0 Å². The predicted octanol–water partition coefficient (Wildman–Crippen LogP) is 2.66. The largest absolute Gasteiger partial charge is 0.494 e. The predicted molar refractivity (Wildman–Crippen MR) is 90.3 cm³/mol. The molecule has 2 rings (SSSR count). The molecule has 0 aliphatic carbocycles. The first-order chi connectivity index (χ1) is 11.9. The second-order valence-electron chi connectivity index (χ2n) is 5.21. The van der Waals surface area contributed by atoms with Gasteiger partial charge in [0, 0.05) is 5.69 Å². The lowest BCUT2D eigenvalue weighted by molar-refractivity contribution is -0.115. The fraction of sp³-hybridized carbons (Fsp3) is 0.167. The van der Waals surface area contributed by atoms with Gasteiger partial charge in [-0.25, -0.2) is 9.59 Å². The van der Waals surface area contributed by atoms with Gasteiger partial charge in [-0.1, -0.05) is 12.1 Å². The number of anilines is 1. The smallest absolute Gasteiger partial charge is 0.335 e. The second-order valence-corrected chi connectivity index (χ2v) is 5.21. The zero-order chi connectivity index (χ0) is 18.4. The van der Waals surface area contributed by atoms with Gasteiger partial charge in [0.25, 0.3) is 0 Å². The van der Waals surface area contributed by atoms with Crippen molar-refractivity contribution in [3.8, 4) is 5.75 Å². The summed E-state index contributed by atoms with van der Waals surface area (Å²) in [4.78, 5) is 34.3. The first-order valence-corrected chi connectivity index (χ1v) is 7.52. The van der Waals surface area contributed by atoms with Gasteiger partial charge in [0.2, 0.25) is 5.91 Å². The summed E-state index contributed by atoms with van der Waals surface area (Å²) in [5.41, 5.74) is 0.439. The van der Waals surface area contributed by atoms with Crippen LogP contribution in [-0.2, 0) is 11.2 Å². The van der Waals surface area contributed by atoms with Crippen LogP contribution in [0.1, 0.15) is 33.2 Å². The van der Waals surface area contributed by atoms with E-state index in [0.29, 0.717) is 12.4 Å². The highest BCUT2D eigenvalue weighted by atomic mass is 16.5. The van der Waals surface area contributed by atoms with E-state index in [9.17, 15) is 14.4 Å². The van der Waals surface area contributed by atoms with Crippen molar-refractivity contribution < 1.29 is 29.3 Å². The summed E-state index contributed by atoms with van der Waals surface area (Å²) in [6.07, 6.45) is 0.0616. The van der Waals surface area contributed by atoms with E-state index in [0.717, 1.165) is 11.6 Å². The van der Waals surface area contributed by atoms with Crippen molar-refractivity contribution in [2.24, 2.45) is 0 Å². The molecule has 0 bridgehead atoms. The molecule has 0 aliphatic heterocycles. The molecule has 0 atom stereocenters. The quantitative estimate of drug-likeness (QED) is 0.712. The van der Waals surface area contributed by atoms with Gasteiger partial charge in [0.05, 0.1) is 24.2 Å². The third-order valence-corrected chi connectivity index (χ3v) is 3.31. The number of aromatic carboxylic acids is 2. The number of hydrogen-bond acceptors (Lipinski definition) is 4. The lowest BCUT2D eigenvalue weighted by atomic mass is 10.1.